The van der Waals surface area contributed by atoms with Crippen molar-refractivity contribution in [3.63, 3.8) is 0 Å². The van der Waals surface area contributed by atoms with Gasteiger partial charge in [-0.2, -0.15) is 0 Å². The monoisotopic (exact) mass is 198 g/mol. The van der Waals surface area contributed by atoms with Gasteiger partial charge in [-0.25, -0.2) is 14.4 Å². The van der Waals surface area contributed by atoms with Gasteiger partial charge in [0.05, 0.1) is 0 Å². The van der Waals surface area contributed by atoms with E-state index in [0.29, 0.717) is 0 Å². The van der Waals surface area contributed by atoms with Crippen molar-refractivity contribution in [1.29, 1.82) is 0 Å². The number of halogens is 1. The smallest absolute Gasteiger partial charge is 0.318 e. The van der Waals surface area contributed by atoms with Crippen LogP contribution in [0.1, 0.15) is 33.3 Å². The first kappa shape index (κ1) is 10.9. The number of alkyl halides is 1. The summed E-state index contributed by atoms with van der Waals surface area (Å²) in [5, 5.41) is 0. The van der Waals surface area contributed by atoms with Crippen molar-refractivity contribution in [3.05, 3.63) is 18.0 Å². The quantitative estimate of drug-likeness (QED) is 0.732. The number of rotatable bonds is 2. The molecule has 0 spiro atoms. The zero-order valence-electron chi connectivity index (χ0n) is 8.91. The Morgan fingerprint density at radius 2 is 1.79 bits per heavy atom. The summed E-state index contributed by atoms with van der Waals surface area (Å²) >= 11 is 0. The standard InChI is InChI=1S/C10H15FN2O/c1-7(11)14-9-12-5-8(6-13-9)10(2,3)4/h5-7H,1-4H3. The summed E-state index contributed by atoms with van der Waals surface area (Å²) in [7, 11) is 0. The van der Waals surface area contributed by atoms with E-state index in [1.165, 1.54) is 6.92 Å². The first-order valence-corrected chi connectivity index (χ1v) is 4.53. The number of hydrogen-bond donors (Lipinski definition) is 0. The molecular weight excluding hydrogens is 183 g/mol. The highest BCUT2D eigenvalue weighted by Crippen LogP contribution is 2.21. The fourth-order valence-electron chi connectivity index (χ4n) is 0.910. The summed E-state index contributed by atoms with van der Waals surface area (Å²) in [6.45, 7) is 7.47. The zero-order chi connectivity index (χ0) is 10.8. The maximum atomic E-state index is 12.4. The maximum absolute atomic E-state index is 12.4. The minimum atomic E-state index is -1.38. The van der Waals surface area contributed by atoms with Gasteiger partial charge in [-0.15, -0.1) is 0 Å². The highest BCUT2D eigenvalue weighted by molar-refractivity contribution is 5.16. The third-order valence-electron chi connectivity index (χ3n) is 1.76. The molecule has 0 saturated carbocycles. The summed E-state index contributed by atoms with van der Waals surface area (Å²) < 4.78 is 17.1. The van der Waals surface area contributed by atoms with Crippen LogP contribution >= 0.6 is 0 Å². The van der Waals surface area contributed by atoms with E-state index in [0.717, 1.165) is 5.56 Å². The summed E-state index contributed by atoms with van der Waals surface area (Å²) in [5.74, 6) is 0. The van der Waals surface area contributed by atoms with Gasteiger partial charge in [0.15, 0.2) is 0 Å². The van der Waals surface area contributed by atoms with Crippen LogP contribution in [-0.4, -0.2) is 16.3 Å². The van der Waals surface area contributed by atoms with Gasteiger partial charge in [0, 0.05) is 19.3 Å². The Morgan fingerprint density at radius 1 is 1.29 bits per heavy atom. The summed E-state index contributed by atoms with van der Waals surface area (Å²) in [6.07, 6.45) is 1.94. The molecule has 0 aliphatic carbocycles. The van der Waals surface area contributed by atoms with E-state index in [-0.39, 0.29) is 11.4 Å². The first-order valence-electron chi connectivity index (χ1n) is 4.53. The molecule has 3 nitrogen and oxygen atoms in total. The molecule has 4 heteroatoms. The second-order valence-corrected chi connectivity index (χ2v) is 4.17. The molecule has 0 aliphatic heterocycles. The second kappa shape index (κ2) is 3.90. The molecule has 0 bridgehead atoms. The highest BCUT2D eigenvalue weighted by atomic mass is 19.1. The Labute approximate surface area is 83.3 Å². The van der Waals surface area contributed by atoms with Gasteiger partial charge in [0.25, 0.3) is 0 Å². The third-order valence-corrected chi connectivity index (χ3v) is 1.76. The summed E-state index contributed by atoms with van der Waals surface area (Å²) in [4.78, 5) is 7.82. The van der Waals surface area contributed by atoms with Gasteiger partial charge in [0.2, 0.25) is 6.36 Å². The van der Waals surface area contributed by atoms with Crippen LogP contribution in [0.15, 0.2) is 12.4 Å². The molecule has 1 heterocycles. The minimum Gasteiger partial charge on any atom is -0.429 e. The largest absolute Gasteiger partial charge is 0.429 e. The Hall–Kier alpha value is -1.19. The van der Waals surface area contributed by atoms with Crippen molar-refractivity contribution in [2.24, 2.45) is 0 Å². The molecule has 0 N–H and O–H groups in total. The molecule has 0 radical (unpaired) electrons. The number of ether oxygens (including phenoxy) is 1. The molecule has 0 aromatic carbocycles. The lowest BCUT2D eigenvalue weighted by Crippen LogP contribution is -2.13. The average molecular weight is 198 g/mol. The van der Waals surface area contributed by atoms with Gasteiger partial charge in [-0.05, 0) is 11.0 Å². The van der Waals surface area contributed by atoms with Gasteiger partial charge >= 0.3 is 6.01 Å². The molecule has 14 heavy (non-hydrogen) atoms. The van der Waals surface area contributed by atoms with E-state index in [2.05, 4.69) is 30.7 Å². The van der Waals surface area contributed by atoms with E-state index < -0.39 is 6.36 Å². The molecular formula is C10H15FN2O. The normalized spacial score (nSPS) is 13.8. The summed E-state index contributed by atoms with van der Waals surface area (Å²) in [5.41, 5.74) is 0.996. The summed E-state index contributed by atoms with van der Waals surface area (Å²) in [6, 6.07) is 0.0769. The molecule has 1 rings (SSSR count). The van der Waals surface area contributed by atoms with Crippen LogP contribution in [0, 0.1) is 0 Å². The molecule has 0 saturated heterocycles. The van der Waals surface area contributed by atoms with E-state index in [1.54, 1.807) is 12.4 Å². The molecule has 0 aliphatic rings. The molecule has 1 unspecified atom stereocenters. The molecule has 0 amide bonds. The van der Waals surface area contributed by atoms with Crippen molar-refractivity contribution in [3.8, 4) is 6.01 Å². The Kier molecular flexibility index (Phi) is 3.03. The number of nitrogens with zero attached hydrogens (tertiary/aromatic N) is 2. The molecule has 1 atom stereocenters. The number of hydrogen-bond acceptors (Lipinski definition) is 3. The maximum Gasteiger partial charge on any atom is 0.318 e. The van der Waals surface area contributed by atoms with Crippen molar-refractivity contribution in [1.82, 2.24) is 9.97 Å². The van der Waals surface area contributed by atoms with Gasteiger partial charge in [0.1, 0.15) is 0 Å². The van der Waals surface area contributed by atoms with E-state index >= 15 is 0 Å². The van der Waals surface area contributed by atoms with Crippen LogP contribution in [0.5, 0.6) is 6.01 Å². The topological polar surface area (TPSA) is 35.0 Å². The van der Waals surface area contributed by atoms with Crippen LogP contribution in [0.4, 0.5) is 4.39 Å². The first-order chi connectivity index (χ1) is 6.39. The Balaban J connectivity index is 2.79. The SMILES string of the molecule is CC(F)Oc1ncc(C(C)(C)C)cn1. The number of aromatic nitrogens is 2. The van der Waals surface area contributed by atoms with E-state index in [1.807, 2.05) is 0 Å². The van der Waals surface area contributed by atoms with E-state index in [4.69, 9.17) is 4.74 Å². The molecule has 0 fully saturated rings. The molecule has 1 aromatic heterocycles. The predicted molar refractivity (Wildman–Crippen MR) is 51.9 cm³/mol. The van der Waals surface area contributed by atoms with Crippen LogP contribution in [-0.2, 0) is 5.41 Å². The predicted octanol–water partition coefficient (Wildman–Crippen LogP) is 2.47. The van der Waals surface area contributed by atoms with E-state index in [9.17, 15) is 4.39 Å². The fourth-order valence-corrected chi connectivity index (χ4v) is 0.910. The van der Waals surface area contributed by atoms with Crippen molar-refractivity contribution in [2.45, 2.75) is 39.5 Å². The van der Waals surface area contributed by atoms with Crippen molar-refractivity contribution in [2.75, 3.05) is 0 Å². The third kappa shape index (κ3) is 2.94. The highest BCUT2D eigenvalue weighted by Gasteiger charge is 2.14. The second-order valence-electron chi connectivity index (χ2n) is 4.17. The molecule has 1 aromatic rings. The lowest BCUT2D eigenvalue weighted by atomic mass is 9.89. The lowest BCUT2D eigenvalue weighted by Gasteiger charge is -2.17. The van der Waals surface area contributed by atoms with Gasteiger partial charge in [-0.1, -0.05) is 20.8 Å². The van der Waals surface area contributed by atoms with Crippen LogP contribution in [0.2, 0.25) is 0 Å². The minimum absolute atomic E-state index is 0.000138. The Morgan fingerprint density at radius 3 is 2.14 bits per heavy atom. The van der Waals surface area contributed by atoms with Crippen LogP contribution < -0.4 is 4.74 Å². The van der Waals surface area contributed by atoms with Crippen LogP contribution in [0.25, 0.3) is 0 Å². The molecule has 78 valence electrons. The Bertz CT molecular complexity index is 290. The van der Waals surface area contributed by atoms with Gasteiger partial charge in [-0.3, -0.25) is 0 Å². The van der Waals surface area contributed by atoms with Crippen molar-refractivity contribution >= 4 is 0 Å². The fraction of sp³-hybridized carbons (Fsp3) is 0.600. The van der Waals surface area contributed by atoms with Gasteiger partial charge < -0.3 is 4.74 Å². The van der Waals surface area contributed by atoms with Crippen molar-refractivity contribution < 1.29 is 9.13 Å². The lowest BCUT2D eigenvalue weighted by molar-refractivity contribution is 0.0754. The van der Waals surface area contributed by atoms with Crippen LogP contribution in [0.3, 0.4) is 0 Å². The zero-order valence-corrected chi connectivity index (χ0v) is 8.91. The average Bonchev–Trinajstić information content (AvgIpc) is 2.02.